The molecule has 2 aromatic rings. The van der Waals surface area contributed by atoms with Gasteiger partial charge in [-0.15, -0.1) is 0 Å². The Bertz CT molecular complexity index is 548. The molecule has 0 aliphatic heterocycles. The molecule has 2 rings (SSSR count). The number of rotatable bonds is 6. The monoisotopic (exact) mass is 303 g/mol. The molecule has 0 amide bonds. The zero-order valence-corrected chi connectivity index (χ0v) is 13.3. The Morgan fingerprint density at radius 2 is 1.62 bits per heavy atom. The molecule has 1 atom stereocenters. The SMILES string of the molecule is CC(C)NCC(Cc1ccc(O)cc1)c1ccc(Cl)cc1. The van der Waals surface area contributed by atoms with Crippen molar-refractivity contribution in [3.05, 3.63) is 64.7 Å². The van der Waals surface area contributed by atoms with Crippen LogP contribution in [0.5, 0.6) is 5.75 Å². The van der Waals surface area contributed by atoms with E-state index in [1.54, 1.807) is 12.1 Å². The maximum absolute atomic E-state index is 9.39. The first-order valence-corrected chi connectivity index (χ1v) is 7.69. The van der Waals surface area contributed by atoms with E-state index in [2.05, 4.69) is 31.3 Å². The van der Waals surface area contributed by atoms with Crippen molar-refractivity contribution in [2.75, 3.05) is 6.54 Å². The molecule has 0 bridgehead atoms. The lowest BCUT2D eigenvalue weighted by molar-refractivity contribution is 0.474. The number of nitrogens with one attached hydrogen (secondary N) is 1. The molecular formula is C18H22ClNO. The Morgan fingerprint density at radius 3 is 2.19 bits per heavy atom. The van der Waals surface area contributed by atoms with E-state index in [0.29, 0.717) is 17.7 Å². The average molecular weight is 304 g/mol. The zero-order chi connectivity index (χ0) is 15.2. The number of aromatic hydroxyl groups is 1. The van der Waals surface area contributed by atoms with Gasteiger partial charge in [0.1, 0.15) is 5.75 Å². The van der Waals surface area contributed by atoms with Gasteiger partial charge in [-0.25, -0.2) is 0 Å². The van der Waals surface area contributed by atoms with Gasteiger partial charge in [-0.2, -0.15) is 0 Å². The van der Waals surface area contributed by atoms with Gasteiger partial charge in [0, 0.05) is 23.5 Å². The van der Waals surface area contributed by atoms with Crippen LogP contribution in [0.3, 0.4) is 0 Å². The van der Waals surface area contributed by atoms with Crippen LogP contribution in [0.2, 0.25) is 5.02 Å². The Morgan fingerprint density at radius 1 is 1.00 bits per heavy atom. The summed E-state index contributed by atoms with van der Waals surface area (Å²) >= 11 is 5.98. The van der Waals surface area contributed by atoms with Crippen LogP contribution >= 0.6 is 11.6 Å². The van der Waals surface area contributed by atoms with Crippen molar-refractivity contribution in [3.63, 3.8) is 0 Å². The van der Waals surface area contributed by atoms with E-state index in [4.69, 9.17) is 11.6 Å². The van der Waals surface area contributed by atoms with E-state index in [-0.39, 0.29) is 0 Å². The highest BCUT2D eigenvalue weighted by Gasteiger charge is 2.13. The summed E-state index contributed by atoms with van der Waals surface area (Å²) in [5.41, 5.74) is 2.50. The molecule has 2 N–H and O–H groups in total. The fourth-order valence-electron chi connectivity index (χ4n) is 2.34. The molecule has 0 aromatic heterocycles. The quantitative estimate of drug-likeness (QED) is 0.830. The van der Waals surface area contributed by atoms with Crippen LogP contribution < -0.4 is 5.32 Å². The summed E-state index contributed by atoms with van der Waals surface area (Å²) in [5, 5.41) is 13.7. The summed E-state index contributed by atoms with van der Waals surface area (Å²) in [7, 11) is 0. The minimum atomic E-state index is 0.307. The molecule has 2 aromatic carbocycles. The highest BCUT2D eigenvalue weighted by atomic mass is 35.5. The van der Waals surface area contributed by atoms with Gasteiger partial charge in [0.05, 0.1) is 0 Å². The number of hydrogen-bond donors (Lipinski definition) is 2. The molecule has 3 heteroatoms. The molecule has 112 valence electrons. The van der Waals surface area contributed by atoms with Crippen LogP contribution in [-0.4, -0.2) is 17.7 Å². The first kappa shape index (κ1) is 15.9. The van der Waals surface area contributed by atoms with Gasteiger partial charge >= 0.3 is 0 Å². The molecule has 0 saturated carbocycles. The van der Waals surface area contributed by atoms with Crippen LogP contribution in [0.25, 0.3) is 0 Å². The average Bonchev–Trinajstić information content (AvgIpc) is 2.46. The first-order valence-electron chi connectivity index (χ1n) is 7.31. The van der Waals surface area contributed by atoms with E-state index in [0.717, 1.165) is 18.0 Å². The molecule has 0 fully saturated rings. The topological polar surface area (TPSA) is 32.3 Å². The van der Waals surface area contributed by atoms with Crippen molar-refractivity contribution < 1.29 is 5.11 Å². The summed E-state index contributed by atoms with van der Waals surface area (Å²) in [6, 6.07) is 16.0. The molecule has 0 aliphatic carbocycles. The minimum Gasteiger partial charge on any atom is -0.508 e. The summed E-state index contributed by atoms with van der Waals surface area (Å²) in [4.78, 5) is 0. The van der Waals surface area contributed by atoms with E-state index < -0.39 is 0 Å². The number of benzene rings is 2. The van der Waals surface area contributed by atoms with E-state index in [9.17, 15) is 5.11 Å². The molecule has 21 heavy (non-hydrogen) atoms. The van der Waals surface area contributed by atoms with Crippen molar-refractivity contribution in [1.29, 1.82) is 0 Å². The maximum atomic E-state index is 9.39. The predicted molar refractivity (Wildman–Crippen MR) is 89.1 cm³/mol. The van der Waals surface area contributed by atoms with Crippen LogP contribution in [0.15, 0.2) is 48.5 Å². The maximum Gasteiger partial charge on any atom is 0.115 e. The number of phenols is 1. The van der Waals surface area contributed by atoms with Crippen molar-refractivity contribution in [3.8, 4) is 5.75 Å². The fraction of sp³-hybridized carbons (Fsp3) is 0.333. The highest BCUT2D eigenvalue weighted by Crippen LogP contribution is 2.23. The third-order valence-corrected chi connectivity index (χ3v) is 3.78. The Balaban J connectivity index is 2.14. The number of phenolic OH excluding ortho intramolecular Hbond substituents is 1. The van der Waals surface area contributed by atoms with E-state index >= 15 is 0 Å². The lowest BCUT2D eigenvalue weighted by Gasteiger charge is -2.20. The van der Waals surface area contributed by atoms with E-state index in [1.807, 2.05) is 24.3 Å². The molecule has 0 heterocycles. The Labute approximate surface area is 131 Å². The lowest BCUT2D eigenvalue weighted by atomic mass is 9.91. The lowest BCUT2D eigenvalue weighted by Crippen LogP contribution is -2.28. The van der Waals surface area contributed by atoms with Crippen molar-refractivity contribution in [2.24, 2.45) is 0 Å². The molecule has 1 unspecified atom stereocenters. The van der Waals surface area contributed by atoms with Gasteiger partial charge in [0.2, 0.25) is 0 Å². The van der Waals surface area contributed by atoms with Crippen LogP contribution in [0.4, 0.5) is 0 Å². The molecule has 2 nitrogen and oxygen atoms in total. The van der Waals surface area contributed by atoms with Crippen molar-refractivity contribution in [2.45, 2.75) is 32.2 Å². The van der Waals surface area contributed by atoms with Gasteiger partial charge in [-0.3, -0.25) is 0 Å². The number of hydrogen-bond acceptors (Lipinski definition) is 2. The Kier molecular flexibility index (Phi) is 5.66. The van der Waals surface area contributed by atoms with Crippen LogP contribution in [0.1, 0.15) is 30.9 Å². The Hall–Kier alpha value is -1.51. The molecule has 0 saturated heterocycles. The zero-order valence-electron chi connectivity index (χ0n) is 12.5. The van der Waals surface area contributed by atoms with Crippen LogP contribution in [0, 0.1) is 0 Å². The van der Waals surface area contributed by atoms with Gasteiger partial charge in [0.15, 0.2) is 0 Å². The highest BCUT2D eigenvalue weighted by molar-refractivity contribution is 6.30. The molecular weight excluding hydrogens is 282 g/mol. The van der Waals surface area contributed by atoms with Gasteiger partial charge < -0.3 is 10.4 Å². The largest absolute Gasteiger partial charge is 0.508 e. The van der Waals surface area contributed by atoms with Crippen LogP contribution in [-0.2, 0) is 6.42 Å². The predicted octanol–water partition coefficient (Wildman–Crippen LogP) is 4.37. The molecule has 0 radical (unpaired) electrons. The first-order chi connectivity index (χ1) is 10.0. The van der Waals surface area contributed by atoms with Crippen molar-refractivity contribution in [1.82, 2.24) is 5.32 Å². The number of halogens is 1. The summed E-state index contributed by atoms with van der Waals surface area (Å²) in [6.07, 6.45) is 0.932. The summed E-state index contributed by atoms with van der Waals surface area (Å²) in [6.45, 7) is 5.22. The van der Waals surface area contributed by atoms with Gasteiger partial charge in [-0.1, -0.05) is 49.7 Å². The third-order valence-electron chi connectivity index (χ3n) is 3.53. The summed E-state index contributed by atoms with van der Waals surface area (Å²) < 4.78 is 0. The summed E-state index contributed by atoms with van der Waals surface area (Å²) in [5.74, 6) is 0.691. The van der Waals surface area contributed by atoms with Gasteiger partial charge in [0.25, 0.3) is 0 Å². The normalized spacial score (nSPS) is 12.6. The second-order valence-electron chi connectivity index (χ2n) is 5.68. The molecule has 0 aliphatic rings. The standard InChI is InChI=1S/C18H22ClNO/c1-13(2)20-12-16(15-5-7-17(19)8-6-15)11-14-3-9-18(21)10-4-14/h3-10,13,16,20-21H,11-12H2,1-2H3. The minimum absolute atomic E-state index is 0.307. The second kappa shape index (κ2) is 7.48. The fourth-order valence-corrected chi connectivity index (χ4v) is 2.46. The van der Waals surface area contributed by atoms with E-state index in [1.165, 1.54) is 11.1 Å². The second-order valence-corrected chi connectivity index (χ2v) is 6.12. The van der Waals surface area contributed by atoms with Crippen molar-refractivity contribution >= 4 is 11.6 Å². The smallest absolute Gasteiger partial charge is 0.115 e. The third kappa shape index (κ3) is 5.07. The van der Waals surface area contributed by atoms with Gasteiger partial charge in [-0.05, 0) is 41.8 Å². The molecule has 0 spiro atoms.